The van der Waals surface area contributed by atoms with Crippen molar-refractivity contribution in [2.24, 2.45) is 0 Å². The van der Waals surface area contributed by atoms with Gasteiger partial charge >= 0.3 is 0 Å². The van der Waals surface area contributed by atoms with E-state index in [1.54, 1.807) is 18.2 Å². The van der Waals surface area contributed by atoms with E-state index in [9.17, 15) is 14.3 Å². The molecule has 1 amide bonds. The summed E-state index contributed by atoms with van der Waals surface area (Å²) in [5.41, 5.74) is 1.45. The zero-order chi connectivity index (χ0) is 16.2. The number of amides is 1. The number of halogens is 1. The fraction of sp³-hybridized carbons (Fsp3) is 0.167. The number of hydrogen-bond acceptors (Lipinski definition) is 3. The van der Waals surface area contributed by atoms with E-state index in [2.05, 4.69) is 5.32 Å². The molecule has 0 spiro atoms. The molecule has 0 aromatic heterocycles. The van der Waals surface area contributed by atoms with E-state index in [1.165, 1.54) is 12.1 Å². The molecule has 0 fully saturated rings. The maximum atomic E-state index is 13.6. The minimum atomic E-state index is -1.10. The highest BCUT2D eigenvalue weighted by Crippen LogP contribution is 2.25. The van der Waals surface area contributed by atoms with Crippen LogP contribution in [0.25, 0.3) is 6.08 Å². The summed E-state index contributed by atoms with van der Waals surface area (Å²) in [7, 11) is 0. The van der Waals surface area contributed by atoms with Crippen molar-refractivity contribution in [3.8, 4) is 5.75 Å². The minimum Gasteiger partial charge on any atom is -0.488 e. The summed E-state index contributed by atoms with van der Waals surface area (Å²) in [6, 6.07) is 13.4. The summed E-state index contributed by atoms with van der Waals surface area (Å²) in [4.78, 5) is 12.2. The van der Waals surface area contributed by atoms with Gasteiger partial charge in [0.1, 0.15) is 18.2 Å². The van der Waals surface area contributed by atoms with E-state index in [1.807, 2.05) is 24.3 Å². The molecule has 0 saturated heterocycles. The number of para-hydroxylation sites is 1. The highest BCUT2D eigenvalue weighted by molar-refractivity contribution is 5.99. The molecule has 0 saturated carbocycles. The number of ether oxygens (including phenoxy) is 1. The zero-order valence-electron chi connectivity index (χ0n) is 12.3. The number of carbonyl (C=O) groups is 1. The van der Waals surface area contributed by atoms with Crippen molar-refractivity contribution in [1.82, 2.24) is 5.32 Å². The molecule has 2 aromatic rings. The van der Waals surface area contributed by atoms with Gasteiger partial charge in [-0.1, -0.05) is 36.4 Å². The summed E-state index contributed by atoms with van der Waals surface area (Å²) in [6.07, 6.45) is 0.654. The Morgan fingerprint density at radius 3 is 2.78 bits per heavy atom. The first kappa shape index (κ1) is 15.2. The molecule has 1 aliphatic rings. The van der Waals surface area contributed by atoms with Gasteiger partial charge in [-0.05, 0) is 18.2 Å². The van der Waals surface area contributed by atoms with Gasteiger partial charge in [0.2, 0.25) is 0 Å². The average Bonchev–Trinajstić information content (AvgIpc) is 2.59. The monoisotopic (exact) mass is 313 g/mol. The lowest BCUT2D eigenvalue weighted by Crippen LogP contribution is -2.32. The topological polar surface area (TPSA) is 58.6 Å². The molecule has 1 atom stereocenters. The van der Waals surface area contributed by atoms with Gasteiger partial charge in [-0.3, -0.25) is 4.79 Å². The number of benzene rings is 2. The molecule has 23 heavy (non-hydrogen) atoms. The van der Waals surface area contributed by atoms with Crippen LogP contribution in [0.2, 0.25) is 0 Å². The Morgan fingerprint density at radius 2 is 1.96 bits per heavy atom. The largest absolute Gasteiger partial charge is 0.488 e. The highest BCUT2D eigenvalue weighted by Gasteiger charge is 2.18. The van der Waals surface area contributed by atoms with Gasteiger partial charge in [0.15, 0.2) is 0 Å². The van der Waals surface area contributed by atoms with E-state index >= 15 is 0 Å². The zero-order valence-corrected chi connectivity index (χ0v) is 12.3. The van der Waals surface area contributed by atoms with Crippen LogP contribution in [0.5, 0.6) is 5.75 Å². The molecule has 1 aliphatic heterocycles. The van der Waals surface area contributed by atoms with Crippen molar-refractivity contribution in [3.63, 3.8) is 0 Å². The Hall–Kier alpha value is -2.66. The van der Waals surface area contributed by atoms with Crippen molar-refractivity contribution < 1.29 is 19.0 Å². The van der Waals surface area contributed by atoms with Crippen LogP contribution in [0.1, 0.15) is 17.2 Å². The van der Waals surface area contributed by atoms with Gasteiger partial charge in [0.25, 0.3) is 5.91 Å². The lowest BCUT2D eigenvalue weighted by atomic mass is 10.1. The normalized spacial score (nSPS) is 14.3. The number of nitrogens with one attached hydrogen (secondary N) is 1. The van der Waals surface area contributed by atoms with Gasteiger partial charge in [-0.15, -0.1) is 0 Å². The third kappa shape index (κ3) is 3.40. The fourth-order valence-corrected chi connectivity index (χ4v) is 2.41. The Morgan fingerprint density at radius 1 is 1.22 bits per heavy atom. The summed E-state index contributed by atoms with van der Waals surface area (Å²) in [6.45, 7) is 0.0946. The van der Waals surface area contributed by atoms with E-state index in [4.69, 9.17) is 4.74 Å². The number of carbonyl (C=O) groups excluding carboxylic acids is 1. The number of fused-ring (bicyclic) bond motifs is 1. The molecule has 118 valence electrons. The summed E-state index contributed by atoms with van der Waals surface area (Å²) in [5, 5.41) is 12.6. The first-order chi connectivity index (χ1) is 11.1. The molecule has 2 N–H and O–H groups in total. The molecule has 4 nitrogen and oxygen atoms in total. The lowest BCUT2D eigenvalue weighted by Gasteiger charge is -2.18. The smallest absolute Gasteiger partial charge is 0.250 e. The first-order valence-electron chi connectivity index (χ1n) is 7.28. The van der Waals surface area contributed by atoms with Crippen molar-refractivity contribution in [1.29, 1.82) is 0 Å². The number of hydrogen-bond donors (Lipinski definition) is 2. The second-order valence-electron chi connectivity index (χ2n) is 5.24. The Labute approximate surface area is 133 Å². The van der Waals surface area contributed by atoms with Crippen LogP contribution >= 0.6 is 0 Å². The molecule has 0 bridgehead atoms. The molecular formula is C18H16FNO3. The molecule has 1 heterocycles. The van der Waals surface area contributed by atoms with Crippen molar-refractivity contribution >= 4 is 12.0 Å². The predicted octanol–water partition coefficient (Wildman–Crippen LogP) is 2.45. The average molecular weight is 313 g/mol. The van der Waals surface area contributed by atoms with Crippen LogP contribution < -0.4 is 10.1 Å². The van der Waals surface area contributed by atoms with Crippen LogP contribution in [-0.4, -0.2) is 24.2 Å². The summed E-state index contributed by atoms with van der Waals surface area (Å²) in [5.74, 6) is -0.103. The van der Waals surface area contributed by atoms with E-state index in [0.717, 1.165) is 11.3 Å². The van der Waals surface area contributed by atoms with E-state index in [-0.39, 0.29) is 24.6 Å². The number of aliphatic hydroxyl groups is 1. The third-order valence-corrected chi connectivity index (χ3v) is 3.64. The highest BCUT2D eigenvalue weighted by atomic mass is 19.1. The molecule has 1 unspecified atom stereocenters. The van der Waals surface area contributed by atoms with Crippen molar-refractivity contribution in [3.05, 3.63) is 71.0 Å². The number of rotatable bonds is 4. The fourth-order valence-electron chi connectivity index (χ4n) is 2.41. The summed E-state index contributed by atoms with van der Waals surface area (Å²) >= 11 is 0. The van der Waals surface area contributed by atoms with Gasteiger partial charge < -0.3 is 15.2 Å². The van der Waals surface area contributed by atoms with E-state index < -0.39 is 11.9 Å². The second kappa shape index (κ2) is 6.62. The maximum absolute atomic E-state index is 13.6. The quantitative estimate of drug-likeness (QED) is 0.911. The van der Waals surface area contributed by atoms with Crippen LogP contribution in [0.3, 0.4) is 0 Å². The Balaban J connectivity index is 1.64. The van der Waals surface area contributed by atoms with Crippen LogP contribution in [0.4, 0.5) is 4.39 Å². The molecule has 2 aromatic carbocycles. The van der Waals surface area contributed by atoms with Gasteiger partial charge in [-0.25, -0.2) is 4.39 Å². The Bertz CT molecular complexity index is 757. The lowest BCUT2D eigenvalue weighted by molar-refractivity contribution is -0.118. The molecular weight excluding hydrogens is 297 g/mol. The first-order valence-corrected chi connectivity index (χ1v) is 7.28. The van der Waals surface area contributed by atoms with Crippen molar-refractivity contribution in [2.45, 2.75) is 6.10 Å². The second-order valence-corrected chi connectivity index (χ2v) is 5.24. The van der Waals surface area contributed by atoms with E-state index in [0.29, 0.717) is 5.57 Å². The molecule has 0 aliphatic carbocycles. The maximum Gasteiger partial charge on any atom is 0.250 e. The predicted molar refractivity (Wildman–Crippen MR) is 84.3 cm³/mol. The van der Waals surface area contributed by atoms with Gasteiger partial charge in [0, 0.05) is 17.7 Å². The van der Waals surface area contributed by atoms with Gasteiger partial charge in [0.05, 0.1) is 11.7 Å². The SMILES string of the molecule is O=C(NCC(O)c1ccccc1F)C1=Cc2ccccc2OC1. The molecule has 3 rings (SSSR count). The number of aliphatic hydroxyl groups excluding tert-OH is 1. The third-order valence-electron chi connectivity index (χ3n) is 3.64. The Kier molecular flexibility index (Phi) is 4.39. The minimum absolute atomic E-state index is 0.0707. The van der Waals surface area contributed by atoms with Crippen LogP contribution in [-0.2, 0) is 4.79 Å². The van der Waals surface area contributed by atoms with Crippen LogP contribution in [0, 0.1) is 5.82 Å². The summed E-state index contributed by atoms with van der Waals surface area (Å²) < 4.78 is 19.1. The molecule has 5 heteroatoms. The molecule has 0 radical (unpaired) electrons. The van der Waals surface area contributed by atoms with Crippen molar-refractivity contribution in [2.75, 3.05) is 13.2 Å². The van der Waals surface area contributed by atoms with Crippen LogP contribution in [0.15, 0.2) is 54.1 Å². The standard InChI is InChI=1S/C18H16FNO3/c19-15-7-3-2-6-14(15)16(21)10-20-18(22)13-9-12-5-1-4-8-17(12)23-11-13/h1-9,16,21H,10-11H2,(H,20,22). The van der Waals surface area contributed by atoms with Gasteiger partial charge in [-0.2, -0.15) is 0 Å².